The molecule has 0 aromatic rings. The Bertz CT molecular complexity index is 182. The third kappa shape index (κ3) is 2.20. The third-order valence-electron chi connectivity index (χ3n) is 3.38. The monoisotopic (exact) mass is 201 g/mol. The van der Waals surface area contributed by atoms with E-state index in [-0.39, 0.29) is 0 Å². The van der Waals surface area contributed by atoms with Crippen LogP contribution in [0.3, 0.4) is 0 Å². The van der Waals surface area contributed by atoms with Crippen molar-refractivity contribution in [1.29, 1.82) is 0 Å². The minimum absolute atomic E-state index is 0.378. The number of likely N-dealkylation sites (tertiary alicyclic amines) is 1. The zero-order valence-electron chi connectivity index (χ0n) is 8.33. The van der Waals surface area contributed by atoms with Gasteiger partial charge in [0.05, 0.1) is 0 Å². The number of aliphatic hydroxyl groups is 1. The van der Waals surface area contributed by atoms with Gasteiger partial charge in [-0.15, -0.1) is 0 Å². The van der Waals surface area contributed by atoms with Gasteiger partial charge >= 0.3 is 0 Å². The summed E-state index contributed by atoms with van der Waals surface area (Å²) < 4.78 is 0.602. The molecule has 1 N–H and O–H groups in total. The maximum absolute atomic E-state index is 9.02. The van der Waals surface area contributed by atoms with Crippen LogP contribution in [0.15, 0.2) is 0 Å². The fourth-order valence-corrected chi connectivity index (χ4v) is 3.00. The lowest BCUT2D eigenvalue weighted by Crippen LogP contribution is -2.30. The molecule has 13 heavy (non-hydrogen) atoms. The zero-order valence-corrected chi connectivity index (χ0v) is 9.15. The van der Waals surface area contributed by atoms with E-state index in [1.807, 2.05) is 11.8 Å². The average molecular weight is 201 g/mol. The fourth-order valence-electron chi connectivity index (χ4n) is 2.18. The molecule has 1 aliphatic heterocycles. The molecule has 1 heterocycles. The van der Waals surface area contributed by atoms with Gasteiger partial charge in [-0.3, -0.25) is 0 Å². The van der Waals surface area contributed by atoms with Gasteiger partial charge in [0.2, 0.25) is 0 Å². The van der Waals surface area contributed by atoms with Gasteiger partial charge in [-0.1, -0.05) is 0 Å². The van der Waals surface area contributed by atoms with Gasteiger partial charge in [0.25, 0.3) is 0 Å². The third-order valence-corrected chi connectivity index (χ3v) is 4.78. The molecule has 2 fully saturated rings. The first-order valence-electron chi connectivity index (χ1n) is 5.16. The number of rotatable bonds is 4. The first-order valence-corrected chi connectivity index (χ1v) is 6.39. The van der Waals surface area contributed by atoms with Gasteiger partial charge < -0.3 is 10.0 Å². The van der Waals surface area contributed by atoms with Crippen LogP contribution < -0.4 is 0 Å². The van der Waals surface area contributed by atoms with E-state index in [0.29, 0.717) is 17.3 Å². The van der Waals surface area contributed by atoms with Crippen LogP contribution in [0.4, 0.5) is 0 Å². The van der Waals surface area contributed by atoms with Crippen LogP contribution in [0.1, 0.15) is 19.3 Å². The molecule has 2 aliphatic rings. The number of thioether (sulfide) groups is 1. The second-order valence-corrected chi connectivity index (χ2v) is 5.73. The van der Waals surface area contributed by atoms with E-state index < -0.39 is 0 Å². The molecule has 0 spiro atoms. The van der Waals surface area contributed by atoms with Crippen molar-refractivity contribution < 1.29 is 5.11 Å². The SMILES string of the molecule is CSC1(CN2CCC(CO)C2)CC1. The summed E-state index contributed by atoms with van der Waals surface area (Å²) >= 11 is 2.03. The van der Waals surface area contributed by atoms with Crippen LogP contribution in [0.25, 0.3) is 0 Å². The maximum Gasteiger partial charge on any atom is 0.0471 e. The Hall–Kier alpha value is 0.270. The summed E-state index contributed by atoms with van der Waals surface area (Å²) in [4.78, 5) is 2.53. The van der Waals surface area contributed by atoms with E-state index in [0.717, 1.165) is 6.54 Å². The van der Waals surface area contributed by atoms with Crippen molar-refractivity contribution in [1.82, 2.24) is 4.90 Å². The summed E-state index contributed by atoms with van der Waals surface area (Å²) in [5.74, 6) is 0.553. The first-order chi connectivity index (χ1) is 6.28. The van der Waals surface area contributed by atoms with Gasteiger partial charge in [-0.25, -0.2) is 0 Å². The lowest BCUT2D eigenvalue weighted by molar-refractivity contribution is 0.221. The van der Waals surface area contributed by atoms with Crippen LogP contribution in [-0.2, 0) is 0 Å². The number of aliphatic hydroxyl groups excluding tert-OH is 1. The van der Waals surface area contributed by atoms with E-state index in [1.165, 1.54) is 32.4 Å². The molecule has 1 saturated heterocycles. The van der Waals surface area contributed by atoms with Crippen molar-refractivity contribution in [3.05, 3.63) is 0 Å². The molecular formula is C10H19NOS. The Kier molecular flexibility index (Phi) is 2.86. The summed E-state index contributed by atoms with van der Waals surface area (Å²) in [6, 6.07) is 0. The Morgan fingerprint density at radius 2 is 2.31 bits per heavy atom. The van der Waals surface area contributed by atoms with Gasteiger partial charge in [0.1, 0.15) is 0 Å². The quantitative estimate of drug-likeness (QED) is 0.739. The summed E-state index contributed by atoms with van der Waals surface area (Å²) in [7, 11) is 0. The molecule has 1 aliphatic carbocycles. The molecule has 0 bridgehead atoms. The predicted molar refractivity (Wildman–Crippen MR) is 57.1 cm³/mol. The van der Waals surface area contributed by atoms with Gasteiger partial charge in [-0.2, -0.15) is 11.8 Å². The summed E-state index contributed by atoms with van der Waals surface area (Å²) in [6.07, 6.45) is 6.22. The number of hydrogen-bond donors (Lipinski definition) is 1. The predicted octanol–water partition coefficient (Wildman–Crippen LogP) is 1.20. The molecule has 0 radical (unpaired) electrons. The topological polar surface area (TPSA) is 23.5 Å². The van der Waals surface area contributed by atoms with Crippen molar-refractivity contribution in [2.75, 3.05) is 32.5 Å². The maximum atomic E-state index is 9.02. The smallest absolute Gasteiger partial charge is 0.0471 e. The van der Waals surface area contributed by atoms with Crippen LogP contribution >= 0.6 is 11.8 Å². The average Bonchev–Trinajstić information content (AvgIpc) is 2.77. The Labute approximate surface area is 84.7 Å². The molecular weight excluding hydrogens is 182 g/mol. The highest BCUT2D eigenvalue weighted by Crippen LogP contribution is 2.48. The molecule has 2 rings (SSSR count). The largest absolute Gasteiger partial charge is 0.396 e. The minimum Gasteiger partial charge on any atom is -0.396 e. The van der Waals surface area contributed by atoms with Crippen LogP contribution in [0, 0.1) is 5.92 Å². The highest BCUT2D eigenvalue weighted by Gasteiger charge is 2.43. The Morgan fingerprint density at radius 3 is 2.77 bits per heavy atom. The second-order valence-electron chi connectivity index (χ2n) is 4.46. The normalized spacial score (nSPS) is 32.3. The van der Waals surface area contributed by atoms with Crippen LogP contribution in [0.5, 0.6) is 0 Å². The Balaban J connectivity index is 1.77. The number of nitrogens with zero attached hydrogens (tertiary/aromatic N) is 1. The van der Waals surface area contributed by atoms with E-state index in [4.69, 9.17) is 5.11 Å². The first kappa shape index (κ1) is 9.81. The minimum atomic E-state index is 0.378. The van der Waals surface area contributed by atoms with E-state index >= 15 is 0 Å². The molecule has 76 valence electrons. The molecule has 2 nitrogen and oxygen atoms in total. The Morgan fingerprint density at radius 1 is 1.54 bits per heavy atom. The highest BCUT2D eigenvalue weighted by molar-refractivity contribution is 8.00. The van der Waals surface area contributed by atoms with Crippen molar-refractivity contribution in [2.45, 2.75) is 24.0 Å². The lowest BCUT2D eigenvalue weighted by atomic mass is 10.1. The van der Waals surface area contributed by atoms with E-state index in [9.17, 15) is 0 Å². The van der Waals surface area contributed by atoms with Crippen molar-refractivity contribution in [3.63, 3.8) is 0 Å². The molecule has 1 unspecified atom stereocenters. The number of hydrogen-bond acceptors (Lipinski definition) is 3. The zero-order chi connectivity index (χ0) is 9.31. The second kappa shape index (κ2) is 3.79. The van der Waals surface area contributed by atoms with Gasteiger partial charge in [0.15, 0.2) is 0 Å². The summed E-state index contributed by atoms with van der Waals surface area (Å²) in [6.45, 7) is 3.96. The summed E-state index contributed by atoms with van der Waals surface area (Å²) in [5.41, 5.74) is 0. The molecule has 1 atom stereocenters. The highest BCUT2D eigenvalue weighted by atomic mass is 32.2. The molecule has 3 heteroatoms. The fraction of sp³-hybridized carbons (Fsp3) is 1.00. The van der Waals surface area contributed by atoms with E-state index in [1.54, 1.807) is 0 Å². The van der Waals surface area contributed by atoms with Crippen molar-refractivity contribution in [3.8, 4) is 0 Å². The molecule has 0 aromatic carbocycles. The van der Waals surface area contributed by atoms with Gasteiger partial charge in [-0.05, 0) is 38.0 Å². The molecule has 0 amide bonds. The van der Waals surface area contributed by atoms with Gasteiger partial charge in [0, 0.05) is 24.4 Å². The lowest BCUT2D eigenvalue weighted by Gasteiger charge is -2.21. The van der Waals surface area contributed by atoms with Crippen LogP contribution in [0.2, 0.25) is 0 Å². The molecule has 1 saturated carbocycles. The summed E-state index contributed by atoms with van der Waals surface area (Å²) in [5, 5.41) is 9.02. The van der Waals surface area contributed by atoms with E-state index in [2.05, 4.69) is 11.2 Å². The standard InChI is InChI=1S/C10H19NOS/c1-13-10(3-4-10)8-11-5-2-9(6-11)7-12/h9,12H,2-8H2,1H3. The molecule has 0 aromatic heterocycles. The van der Waals surface area contributed by atoms with Crippen molar-refractivity contribution >= 4 is 11.8 Å². The van der Waals surface area contributed by atoms with Crippen molar-refractivity contribution in [2.24, 2.45) is 5.92 Å². The van der Waals surface area contributed by atoms with Crippen LogP contribution in [-0.4, -0.2) is 47.3 Å².